The lowest BCUT2D eigenvalue weighted by Crippen LogP contribution is -2.14. The first-order valence-electron chi connectivity index (χ1n) is 7.49. The summed E-state index contributed by atoms with van der Waals surface area (Å²) in [4.78, 5) is 4.69. The normalized spacial score (nSPS) is 10.9. The van der Waals surface area contributed by atoms with Gasteiger partial charge in [-0.05, 0) is 29.7 Å². The second kappa shape index (κ2) is 6.51. The van der Waals surface area contributed by atoms with Crippen molar-refractivity contribution in [3.05, 3.63) is 77.5 Å². The van der Waals surface area contributed by atoms with Gasteiger partial charge in [0.2, 0.25) is 0 Å². The van der Waals surface area contributed by atoms with E-state index in [-0.39, 0.29) is 0 Å². The number of para-hydroxylation sites is 1. The molecule has 106 valence electrons. The van der Waals surface area contributed by atoms with Crippen molar-refractivity contribution in [2.45, 2.75) is 26.4 Å². The van der Waals surface area contributed by atoms with Gasteiger partial charge in [-0.2, -0.15) is 0 Å². The maximum atomic E-state index is 4.69. The molecule has 0 radical (unpaired) electrons. The summed E-state index contributed by atoms with van der Waals surface area (Å²) in [5, 5.41) is 4.69. The maximum Gasteiger partial charge on any atom is 0.0705 e. The summed E-state index contributed by atoms with van der Waals surface area (Å²) in [7, 11) is 0. The van der Waals surface area contributed by atoms with Crippen molar-refractivity contribution >= 4 is 10.9 Å². The average molecular weight is 276 g/mol. The molecule has 0 saturated carbocycles. The van der Waals surface area contributed by atoms with Gasteiger partial charge in [0.05, 0.1) is 11.2 Å². The standard InChI is InChI=1S/C19H20N2/c1-2-15-7-3-4-9-17(15)13-20-14-18-12-11-16-8-5-6-10-19(16)21-18/h3-12,20H,2,13-14H2,1H3. The van der Waals surface area contributed by atoms with Gasteiger partial charge in [0.25, 0.3) is 0 Å². The van der Waals surface area contributed by atoms with Crippen LogP contribution < -0.4 is 5.32 Å². The third-order valence-corrected chi connectivity index (χ3v) is 3.78. The van der Waals surface area contributed by atoms with Crippen molar-refractivity contribution in [2.24, 2.45) is 0 Å². The molecule has 1 aromatic heterocycles. The average Bonchev–Trinajstić information content (AvgIpc) is 2.55. The zero-order valence-electron chi connectivity index (χ0n) is 12.3. The minimum Gasteiger partial charge on any atom is -0.307 e. The van der Waals surface area contributed by atoms with Gasteiger partial charge in [0, 0.05) is 18.5 Å². The number of aryl methyl sites for hydroxylation is 1. The van der Waals surface area contributed by atoms with Gasteiger partial charge in [0.15, 0.2) is 0 Å². The number of hydrogen-bond acceptors (Lipinski definition) is 2. The molecule has 0 aliphatic heterocycles. The molecule has 0 aliphatic carbocycles. The Morgan fingerprint density at radius 3 is 2.43 bits per heavy atom. The molecule has 0 aliphatic rings. The Hall–Kier alpha value is -2.19. The Morgan fingerprint density at radius 2 is 1.57 bits per heavy atom. The SMILES string of the molecule is CCc1ccccc1CNCc1ccc2ccccc2n1. The maximum absolute atomic E-state index is 4.69. The zero-order valence-corrected chi connectivity index (χ0v) is 12.3. The summed E-state index contributed by atoms with van der Waals surface area (Å²) in [5.41, 5.74) is 4.94. The van der Waals surface area contributed by atoms with Crippen LogP contribution in [-0.4, -0.2) is 4.98 Å². The van der Waals surface area contributed by atoms with E-state index in [0.29, 0.717) is 0 Å². The summed E-state index contributed by atoms with van der Waals surface area (Å²) in [6.07, 6.45) is 1.08. The molecule has 1 N–H and O–H groups in total. The van der Waals surface area contributed by atoms with Crippen molar-refractivity contribution in [1.82, 2.24) is 10.3 Å². The van der Waals surface area contributed by atoms with Gasteiger partial charge in [-0.3, -0.25) is 4.98 Å². The van der Waals surface area contributed by atoms with E-state index in [4.69, 9.17) is 0 Å². The van der Waals surface area contributed by atoms with Crippen molar-refractivity contribution in [2.75, 3.05) is 0 Å². The molecular formula is C19H20N2. The van der Waals surface area contributed by atoms with E-state index in [9.17, 15) is 0 Å². The second-order valence-electron chi connectivity index (χ2n) is 5.22. The minimum atomic E-state index is 0.795. The number of hydrogen-bond donors (Lipinski definition) is 1. The van der Waals surface area contributed by atoms with Crippen LogP contribution in [0, 0.1) is 0 Å². The summed E-state index contributed by atoms with van der Waals surface area (Å²) in [6, 6.07) is 21.1. The molecule has 2 nitrogen and oxygen atoms in total. The molecule has 21 heavy (non-hydrogen) atoms. The Bertz CT molecular complexity index is 734. The molecule has 2 aromatic carbocycles. The van der Waals surface area contributed by atoms with Crippen LogP contribution in [0.1, 0.15) is 23.7 Å². The lowest BCUT2D eigenvalue weighted by atomic mass is 10.1. The van der Waals surface area contributed by atoms with Crippen LogP contribution >= 0.6 is 0 Å². The summed E-state index contributed by atoms with van der Waals surface area (Å²) in [5.74, 6) is 0. The van der Waals surface area contributed by atoms with E-state index in [1.54, 1.807) is 0 Å². The van der Waals surface area contributed by atoms with Crippen LogP contribution in [-0.2, 0) is 19.5 Å². The predicted octanol–water partition coefficient (Wildman–Crippen LogP) is 4.09. The Morgan fingerprint density at radius 1 is 0.810 bits per heavy atom. The molecule has 0 bridgehead atoms. The topological polar surface area (TPSA) is 24.9 Å². The third kappa shape index (κ3) is 3.29. The summed E-state index contributed by atoms with van der Waals surface area (Å²) in [6.45, 7) is 3.88. The molecule has 0 amide bonds. The van der Waals surface area contributed by atoms with Crippen LogP contribution in [0.25, 0.3) is 10.9 Å². The van der Waals surface area contributed by atoms with E-state index in [0.717, 1.165) is 30.7 Å². The quantitative estimate of drug-likeness (QED) is 0.759. The second-order valence-corrected chi connectivity index (χ2v) is 5.22. The van der Waals surface area contributed by atoms with E-state index in [1.807, 2.05) is 12.1 Å². The lowest BCUT2D eigenvalue weighted by molar-refractivity contribution is 0.677. The highest BCUT2D eigenvalue weighted by atomic mass is 14.9. The third-order valence-electron chi connectivity index (χ3n) is 3.78. The zero-order chi connectivity index (χ0) is 14.5. The smallest absolute Gasteiger partial charge is 0.0705 e. The van der Waals surface area contributed by atoms with E-state index < -0.39 is 0 Å². The number of pyridine rings is 1. The van der Waals surface area contributed by atoms with Crippen LogP contribution in [0.15, 0.2) is 60.7 Å². The molecule has 0 atom stereocenters. The van der Waals surface area contributed by atoms with Gasteiger partial charge in [-0.25, -0.2) is 0 Å². The van der Waals surface area contributed by atoms with E-state index >= 15 is 0 Å². The van der Waals surface area contributed by atoms with Crippen molar-refractivity contribution < 1.29 is 0 Å². The largest absolute Gasteiger partial charge is 0.307 e. The van der Waals surface area contributed by atoms with Gasteiger partial charge >= 0.3 is 0 Å². The van der Waals surface area contributed by atoms with Gasteiger partial charge in [-0.15, -0.1) is 0 Å². The van der Waals surface area contributed by atoms with Crippen LogP contribution in [0.2, 0.25) is 0 Å². The summed E-state index contributed by atoms with van der Waals surface area (Å²) >= 11 is 0. The van der Waals surface area contributed by atoms with Crippen LogP contribution in [0.4, 0.5) is 0 Å². The highest BCUT2D eigenvalue weighted by Gasteiger charge is 2.01. The molecule has 3 aromatic rings. The molecular weight excluding hydrogens is 256 g/mol. The first-order chi connectivity index (χ1) is 10.4. The van der Waals surface area contributed by atoms with E-state index in [1.165, 1.54) is 16.5 Å². The predicted molar refractivity (Wildman–Crippen MR) is 88.1 cm³/mol. The van der Waals surface area contributed by atoms with E-state index in [2.05, 4.69) is 65.8 Å². The molecule has 0 spiro atoms. The summed E-state index contributed by atoms with van der Waals surface area (Å²) < 4.78 is 0. The first-order valence-corrected chi connectivity index (χ1v) is 7.49. The first kappa shape index (κ1) is 13.8. The van der Waals surface area contributed by atoms with Crippen LogP contribution in [0.5, 0.6) is 0 Å². The molecule has 2 heteroatoms. The Kier molecular flexibility index (Phi) is 4.27. The molecule has 0 saturated heterocycles. The van der Waals surface area contributed by atoms with Crippen molar-refractivity contribution in [1.29, 1.82) is 0 Å². The monoisotopic (exact) mass is 276 g/mol. The Balaban J connectivity index is 1.66. The number of aromatic nitrogens is 1. The molecule has 3 rings (SSSR count). The fourth-order valence-electron chi connectivity index (χ4n) is 2.61. The van der Waals surface area contributed by atoms with Gasteiger partial charge in [0.1, 0.15) is 0 Å². The fourth-order valence-corrected chi connectivity index (χ4v) is 2.61. The number of rotatable bonds is 5. The number of benzene rings is 2. The highest BCUT2D eigenvalue weighted by molar-refractivity contribution is 5.78. The molecule has 0 fully saturated rings. The van der Waals surface area contributed by atoms with Crippen LogP contribution in [0.3, 0.4) is 0 Å². The molecule has 1 heterocycles. The van der Waals surface area contributed by atoms with Crippen molar-refractivity contribution in [3.8, 4) is 0 Å². The number of nitrogens with one attached hydrogen (secondary N) is 1. The molecule has 0 unspecified atom stereocenters. The number of fused-ring (bicyclic) bond motifs is 1. The van der Waals surface area contributed by atoms with Gasteiger partial charge < -0.3 is 5.32 Å². The Labute approximate surface area is 125 Å². The lowest BCUT2D eigenvalue weighted by Gasteiger charge is -2.09. The minimum absolute atomic E-state index is 0.795. The van der Waals surface area contributed by atoms with Gasteiger partial charge in [-0.1, -0.05) is 55.5 Å². The highest BCUT2D eigenvalue weighted by Crippen LogP contribution is 2.12. The fraction of sp³-hybridized carbons (Fsp3) is 0.211. The number of nitrogens with zero attached hydrogens (tertiary/aromatic N) is 1. The van der Waals surface area contributed by atoms with Crippen molar-refractivity contribution in [3.63, 3.8) is 0 Å².